The Bertz CT molecular complexity index is 1070. The number of benzene rings is 2. The number of hydrogen-bond acceptors (Lipinski definition) is 6. The van der Waals surface area contributed by atoms with E-state index in [-0.39, 0.29) is 34.7 Å². The highest BCUT2D eigenvalue weighted by molar-refractivity contribution is 7.89. The first kappa shape index (κ1) is 28.4. The standard InChI is InChI=1S/C25H33N3O5S2/c1-3-28(4-2)35(31,32)22-17-15-21(16-18-22)26-25(34)27-23(29)13-8-14-24(30)33-19-9-12-20-10-6-5-7-11-20/h5-7,10-11,15-18H,3-4,8-9,12-14,19H2,1-2H3,(H2,26,27,29,34). The van der Waals surface area contributed by atoms with E-state index in [0.29, 0.717) is 31.8 Å². The summed E-state index contributed by atoms with van der Waals surface area (Å²) in [6, 6.07) is 16.1. The number of carbonyl (C=O) groups is 2. The Balaban J connectivity index is 1.66. The van der Waals surface area contributed by atoms with Gasteiger partial charge < -0.3 is 15.4 Å². The third-order valence-corrected chi connectivity index (χ3v) is 7.48. The van der Waals surface area contributed by atoms with Crippen LogP contribution in [0, 0.1) is 0 Å². The number of ether oxygens (including phenoxy) is 1. The fourth-order valence-electron chi connectivity index (χ4n) is 3.35. The summed E-state index contributed by atoms with van der Waals surface area (Å²) in [6.07, 6.45) is 2.22. The molecule has 0 fully saturated rings. The van der Waals surface area contributed by atoms with Gasteiger partial charge in [0.25, 0.3) is 0 Å². The van der Waals surface area contributed by atoms with Crippen molar-refractivity contribution in [1.29, 1.82) is 0 Å². The van der Waals surface area contributed by atoms with Crippen molar-refractivity contribution in [2.45, 2.75) is 50.8 Å². The minimum absolute atomic E-state index is 0.0952. The summed E-state index contributed by atoms with van der Waals surface area (Å²) in [7, 11) is -3.54. The molecule has 0 aromatic heterocycles. The maximum Gasteiger partial charge on any atom is 0.305 e. The third kappa shape index (κ3) is 9.75. The highest BCUT2D eigenvalue weighted by Gasteiger charge is 2.21. The van der Waals surface area contributed by atoms with E-state index in [1.54, 1.807) is 26.0 Å². The van der Waals surface area contributed by atoms with Crippen molar-refractivity contribution in [3.05, 3.63) is 60.2 Å². The highest BCUT2D eigenvalue weighted by atomic mass is 32.2. The molecule has 0 aliphatic rings. The Morgan fingerprint density at radius 2 is 1.60 bits per heavy atom. The first-order chi connectivity index (χ1) is 16.8. The van der Waals surface area contributed by atoms with Crippen molar-refractivity contribution in [2.24, 2.45) is 0 Å². The SMILES string of the molecule is CCN(CC)S(=O)(=O)c1ccc(NC(=S)NC(=O)CCCC(=O)OCCCc2ccccc2)cc1. The van der Waals surface area contributed by atoms with Gasteiger partial charge in [0.2, 0.25) is 15.9 Å². The molecule has 0 heterocycles. The summed E-state index contributed by atoms with van der Waals surface area (Å²) in [5.74, 6) is -0.647. The topological polar surface area (TPSA) is 105 Å². The lowest BCUT2D eigenvalue weighted by Crippen LogP contribution is -2.34. The second kappa shape index (κ2) is 14.6. The molecule has 8 nitrogen and oxygen atoms in total. The first-order valence-electron chi connectivity index (χ1n) is 11.7. The Morgan fingerprint density at radius 3 is 2.23 bits per heavy atom. The van der Waals surface area contributed by atoms with E-state index in [1.807, 2.05) is 30.3 Å². The van der Waals surface area contributed by atoms with Gasteiger partial charge >= 0.3 is 5.97 Å². The number of sulfonamides is 1. The molecule has 0 aliphatic carbocycles. The molecule has 2 aromatic rings. The number of carbonyl (C=O) groups excluding carboxylic acids is 2. The summed E-state index contributed by atoms with van der Waals surface area (Å²) in [5, 5.41) is 5.51. The fraction of sp³-hybridized carbons (Fsp3) is 0.400. The minimum Gasteiger partial charge on any atom is -0.466 e. The molecule has 190 valence electrons. The fourth-order valence-corrected chi connectivity index (χ4v) is 5.04. The van der Waals surface area contributed by atoms with Crippen molar-refractivity contribution in [2.75, 3.05) is 25.0 Å². The number of amides is 1. The molecule has 2 N–H and O–H groups in total. The molecule has 0 saturated carbocycles. The van der Waals surface area contributed by atoms with E-state index in [2.05, 4.69) is 10.6 Å². The molecule has 35 heavy (non-hydrogen) atoms. The van der Waals surface area contributed by atoms with Crippen molar-refractivity contribution >= 4 is 44.9 Å². The maximum absolute atomic E-state index is 12.5. The zero-order chi connectivity index (χ0) is 25.7. The van der Waals surface area contributed by atoms with Gasteiger partial charge in [-0.1, -0.05) is 44.2 Å². The summed E-state index contributed by atoms with van der Waals surface area (Å²) < 4.78 is 31.7. The van der Waals surface area contributed by atoms with Gasteiger partial charge in [-0.15, -0.1) is 0 Å². The molecule has 0 unspecified atom stereocenters. The molecule has 1 amide bonds. The number of esters is 1. The van der Waals surface area contributed by atoms with Gasteiger partial charge in [0.15, 0.2) is 5.11 Å². The lowest BCUT2D eigenvalue weighted by atomic mass is 10.1. The normalized spacial score (nSPS) is 11.2. The van der Waals surface area contributed by atoms with E-state index < -0.39 is 10.0 Å². The van der Waals surface area contributed by atoms with Gasteiger partial charge in [0.05, 0.1) is 11.5 Å². The van der Waals surface area contributed by atoms with Crippen LogP contribution in [-0.4, -0.2) is 49.4 Å². The van der Waals surface area contributed by atoms with Crippen LogP contribution in [0.15, 0.2) is 59.5 Å². The van der Waals surface area contributed by atoms with Crippen molar-refractivity contribution in [3.8, 4) is 0 Å². The van der Waals surface area contributed by atoms with Crippen LogP contribution in [0.3, 0.4) is 0 Å². The second-order valence-electron chi connectivity index (χ2n) is 7.78. The van der Waals surface area contributed by atoms with Crippen LogP contribution < -0.4 is 10.6 Å². The summed E-state index contributed by atoms with van der Waals surface area (Å²) in [6.45, 7) is 4.70. The molecule has 0 atom stereocenters. The number of nitrogens with zero attached hydrogens (tertiary/aromatic N) is 1. The minimum atomic E-state index is -3.54. The average Bonchev–Trinajstić information content (AvgIpc) is 2.83. The molecule has 10 heteroatoms. The van der Waals surface area contributed by atoms with Crippen LogP contribution in [0.2, 0.25) is 0 Å². The van der Waals surface area contributed by atoms with Gasteiger partial charge in [-0.3, -0.25) is 9.59 Å². The molecular weight excluding hydrogens is 486 g/mol. The lowest BCUT2D eigenvalue weighted by molar-refractivity contribution is -0.143. The quantitative estimate of drug-likeness (QED) is 0.235. The molecule has 0 spiro atoms. The van der Waals surface area contributed by atoms with E-state index in [1.165, 1.54) is 22.0 Å². The number of rotatable bonds is 13. The average molecular weight is 520 g/mol. The second-order valence-corrected chi connectivity index (χ2v) is 10.1. The van der Waals surface area contributed by atoms with Gasteiger partial charge in [-0.05, 0) is 61.3 Å². The predicted molar refractivity (Wildman–Crippen MR) is 140 cm³/mol. The van der Waals surface area contributed by atoms with Crippen LogP contribution >= 0.6 is 12.2 Å². The van der Waals surface area contributed by atoms with Crippen LogP contribution in [0.25, 0.3) is 0 Å². The first-order valence-corrected chi connectivity index (χ1v) is 13.5. The molecule has 0 aliphatic heterocycles. The summed E-state index contributed by atoms with van der Waals surface area (Å²) >= 11 is 5.15. The van der Waals surface area contributed by atoms with Crippen molar-refractivity contribution in [3.63, 3.8) is 0 Å². The smallest absolute Gasteiger partial charge is 0.305 e. The zero-order valence-corrected chi connectivity index (χ0v) is 21.8. The molecule has 0 saturated heterocycles. The predicted octanol–water partition coefficient (Wildman–Crippen LogP) is 3.88. The molecular formula is C25H33N3O5S2. The van der Waals surface area contributed by atoms with Crippen molar-refractivity contribution in [1.82, 2.24) is 9.62 Å². The Morgan fingerprint density at radius 1 is 0.943 bits per heavy atom. The number of hydrogen-bond donors (Lipinski definition) is 2. The van der Waals surface area contributed by atoms with E-state index in [9.17, 15) is 18.0 Å². The summed E-state index contributed by atoms with van der Waals surface area (Å²) in [5.41, 5.74) is 1.75. The van der Waals surface area contributed by atoms with Crippen LogP contribution in [0.4, 0.5) is 5.69 Å². The summed E-state index contributed by atoms with van der Waals surface area (Å²) in [4.78, 5) is 24.1. The van der Waals surface area contributed by atoms with Crippen LogP contribution in [-0.2, 0) is 30.8 Å². The number of aryl methyl sites for hydroxylation is 1. The van der Waals surface area contributed by atoms with Crippen LogP contribution in [0.5, 0.6) is 0 Å². The van der Waals surface area contributed by atoms with E-state index >= 15 is 0 Å². The maximum atomic E-state index is 12.5. The van der Waals surface area contributed by atoms with Gasteiger partial charge in [-0.25, -0.2) is 8.42 Å². The zero-order valence-electron chi connectivity index (χ0n) is 20.2. The van der Waals surface area contributed by atoms with Gasteiger partial charge in [0, 0.05) is 31.6 Å². The Labute approximate surface area is 213 Å². The number of nitrogens with one attached hydrogen (secondary N) is 2. The third-order valence-electron chi connectivity index (χ3n) is 5.21. The lowest BCUT2D eigenvalue weighted by Gasteiger charge is -2.18. The molecule has 2 rings (SSSR count). The Hall–Kier alpha value is -2.82. The molecule has 0 radical (unpaired) electrons. The largest absolute Gasteiger partial charge is 0.466 e. The highest BCUT2D eigenvalue weighted by Crippen LogP contribution is 2.18. The Kier molecular flexibility index (Phi) is 11.8. The monoisotopic (exact) mass is 519 g/mol. The van der Waals surface area contributed by atoms with Crippen molar-refractivity contribution < 1.29 is 22.7 Å². The molecule has 0 bridgehead atoms. The number of anilines is 1. The molecule has 2 aromatic carbocycles. The van der Waals surface area contributed by atoms with Gasteiger partial charge in [0.1, 0.15) is 0 Å². The van der Waals surface area contributed by atoms with Crippen LogP contribution in [0.1, 0.15) is 45.1 Å². The number of thiocarbonyl (C=S) groups is 1. The van der Waals surface area contributed by atoms with E-state index in [4.69, 9.17) is 17.0 Å². The van der Waals surface area contributed by atoms with E-state index in [0.717, 1.165) is 12.8 Å². The van der Waals surface area contributed by atoms with Gasteiger partial charge in [-0.2, -0.15) is 4.31 Å².